The molecular formula is C19H17NO2. The second-order valence-corrected chi connectivity index (χ2v) is 5.48. The molecule has 0 fully saturated rings. The van der Waals surface area contributed by atoms with Crippen molar-refractivity contribution in [3.05, 3.63) is 76.9 Å². The average molecular weight is 291 g/mol. The summed E-state index contributed by atoms with van der Waals surface area (Å²) in [6, 6.07) is 14.7. The van der Waals surface area contributed by atoms with Crippen molar-refractivity contribution in [2.75, 3.05) is 0 Å². The van der Waals surface area contributed by atoms with E-state index in [9.17, 15) is 9.59 Å². The fourth-order valence-corrected chi connectivity index (χ4v) is 2.68. The van der Waals surface area contributed by atoms with Gasteiger partial charge in [-0.1, -0.05) is 48.6 Å². The van der Waals surface area contributed by atoms with Crippen LogP contribution < -0.4 is 0 Å². The fraction of sp³-hybridized carbons (Fsp3) is 0.158. The summed E-state index contributed by atoms with van der Waals surface area (Å²) in [5.74, 6) is -0.440. The summed E-state index contributed by atoms with van der Waals surface area (Å²) < 4.78 is 0. The first-order chi connectivity index (χ1) is 10.6. The molecule has 0 aliphatic carbocycles. The Labute approximate surface area is 129 Å². The van der Waals surface area contributed by atoms with Crippen molar-refractivity contribution >= 4 is 17.9 Å². The van der Waals surface area contributed by atoms with Gasteiger partial charge in [-0.15, -0.1) is 0 Å². The minimum Gasteiger partial charge on any atom is -0.269 e. The second kappa shape index (κ2) is 5.60. The van der Waals surface area contributed by atoms with E-state index in [-0.39, 0.29) is 17.9 Å². The molecule has 0 bridgehead atoms. The molecule has 3 nitrogen and oxygen atoms in total. The van der Waals surface area contributed by atoms with E-state index in [1.54, 1.807) is 24.3 Å². The number of carbonyl (C=O) groups excluding carboxylic acids is 2. The summed E-state index contributed by atoms with van der Waals surface area (Å²) in [7, 11) is 0. The molecule has 3 heteroatoms. The number of aryl methyl sites for hydroxylation is 1. The van der Waals surface area contributed by atoms with Crippen molar-refractivity contribution in [1.29, 1.82) is 0 Å². The van der Waals surface area contributed by atoms with Crippen LogP contribution in [0.25, 0.3) is 6.08 Å². The normalized spacial score (nSPS) is 15.5. The van der Waals surface area contributed by atoms with E-state index < -0.39 is 0 Å². The Morgan fingerprint density at radius 1 is 0.909 bits per heavy atom. The van der Waals surface area contributed by atoms with Gasteiger partial charge in [0.25, 0.3) is 11.8 Å². The lowest BCUT2D eigenvalue weighted by Crippen LogP contribution is -2.36. The summed E-state index contributed by atoms with van der Waals surface area (Å²) in [5.41, 5.74) is 3.23. The van der Waals surface area contributed by atoms with Crippen LogP contribution in [0.15, 0.2) is 54.6 Å². The monoisotopic (exact) mass is 291 g/mol. The van der Waals surface area contributed by atoms with Crippen LogP contribution in [0.3, 0.4) is 0 Å². The Bertz CT molecular complexity index is 742. The van der Waals surface area contributed by atoms with Crippen LogP contribution in [0, 0.1) is 6.92 Å². The van der Waals surface area contributed by atoms with E-state index in [1.807, 2.05) is 50.3 Å². The minimum absolute atomic E-state index is 0.220. The van der Waals surface area contributed by atoms with Crippen LogP contribution in [0.2, 0.25) is 0 Å². The third-order valence-corrected chi connectivity index (χ3v) is 3.98. The van der Waals surface area contributed by atoms with Crippen molar-refractivity contribution in [2.45, 2.75) is 19.9 Å². The minimum atomic E-state index is -0.285. The standard InChI is InChI=1S/C19H17NO2/c1-13-7-3-4-8-15(13)12-11-14(2)20-18(21)16-9-5-6-10-17(16)19(20)22/h3-12,14H,1-2H3/b12-11+. The number of amides is 2. The highest BCUT2D eigenvalue weighted by Crippen LogP contribution is 2.25. The molecule has 0 N–H and O–H groups in total. The van der Waals surface area contributed by atoms with Gasteiger partial charge in [-0.05, 0) is 37.1 Å². The molecule has 1 aliphatic heterocycles. The van der Waals surface area contributed by atoms with Crippen LogP contribution >= 0.6 is 0 Å². The summed E-state index contributed by atoms with van der Waals surface area (Å²) >= 11 is 0. The first-order valence-corrected chi connectivity index (χ1v) is 7.30. The number of fused-ring (bicyclic) bond motifs is 1. The van der Waals surface area contributed by atoms with Gasteiger partial charge in [0.15, 0.2) is 0 Å². The van der Waals surface area contributed by atoms with E-state index in [1.165, 1.54) is 4.90 Å². The molecule has 2 aromatic rings. The maximum atomic E-state index is 12.4. The molecule has 0 radical (unpaired) electrons. The van der Waals surface area contributed by atoms with Gasteiger partial charge >= 0.3 is 0 Å². The van der Waals surface area contributed by atoms with Crippen LogP contribution in [0.1, 0.15) is 38.8 Å². The second-order valence-electron chi connectivity index (χ2n) is 5.48. The zero-order chi connectivity index (χ0) is 15.7. The lowest BCUT2D eigenvalue weighted by atomic mass is 10.1. The predicted molar refractivity (Wildman–Crippen MR) is 86.6 cm³/mol. The Morgan fingerprint density at radius 2 is 1.45 bits per heavy atom. The SMILES string of the molecule is Cc1ccccc1/C=C/C(C)N1C(=O)c2ccccc2C1=O. The first-order valence-electron chi connectivity index (χ1n) is 7.30. The quantitative estimate of drug-likeness (QED) is 0.809. The average Bonchev–Trinajstić information content (AvgIpc) is 2.78. The number of imide groups is 1. The summed E-state index contributed by atoms with van der Waals surface area (Å²) in [5, 5.41) is 0. The van der Waals surface area contributed by atoms with Gasteiger partial charge in [0.1, 0.15) is 0 Å². The topological polar surface area (TPSA) is 37.4 Å². The van der Waals surface area contributed by atoms with Gasteiger partial charge < -0.3 is 0 Å². The van der Waals surface area contributed by atoms with E-state index in [4.69, 9.17) is 0 Å². The Balaban J connectivity index is 1.85. The zero-order valence-corrected chi connectivity index (χ0v) is 12.6. The molecule has 0 saturated heterocycles. The van der Waals surface area contributed by atoms with E-state index in [0.29, 0.717) is 11.1 Å². The van der Waals surface area contributed by atoms with E-state index in [2.05, 4.69) is 0 Å². The molecule has 1 aliphatic rings. The zero-order valence-electron chi connectivity index (χ0n) is 12.6. The molecular weight excluding hydrogens is 274 g/mol. The molecule has 3 rings (SSSR count). The molecule has 2 aromatic carbocycles. The van der Waals surface area contributed by atoms with Gasteiger partial charge in [0, 0.05) is 0 Å². The van der Waals surface area contributed by atoms with Gasteiger partial charge in [-0.2, -0.15) is 0 Å². The molecule has 0 saturated carbocycles. The molecule has 1 atom stereocenters. The third kappa shape index (κ3) is 2.35. The summed E-state index contributed by atoms with van der Waals surface area (Å²) in [4.78, 5) is 26.1. The third-order valence-electron chi connectivity index (χ3n) is 3.98. The number of carbonyl (C=O) groups is 2. The number of nitrogens with zero attached hydrogens (tertiary/aromatic N) is 1. The molecule has 1 heterocycles. The van der Waals surface area contributed by atoms with Gasteiger partial charge in [-0.3, -0.25) is 14.5 Å². The predicted octanol–water partition coefficient (Wildman–Crippen LogP) is 3.69. The van der Waals surface area contributed by atoms with Crippen molar-refractivity contribution in [1.82, 2.24) is 4.90 Å². The molecule has 110 valence electrons. The van der Waals surface area contributed by atoms with Gasteiger partial charge in [-0.25, -0.2) is 0 Å². The van der Waals surface area contributed by atoms with Crippen LogP contribution in [-0.2, 0) is 0 Å². The largest absolute Gasteiger partial charge is 0.269 e. The highest BCUT2D eigenvalue weighted by atomic mass is 16.2. The molecule has 0 spiro atoms. The van der Waals surface area contributed by atoms with E-state index >= 15 is 0 Å². The molecule has 1 unspecified atom stereocenters. The van der Waals surface area contributed by atoms with Crippen molar-refractivity contribution in [3.63, 3.8) is 0 Å². The number of hydrogen-bond acceptors (Lipinski definition) is 2. The van der Waals surface area contributed by atoms with Crippen molar-refractivity contribution < 1.29 is 9.59 Å². The maximum absolute atomic E-state index is 12.4. The fourth-order valence-electron chi connectivity index (χ4n) is 2.68. The Kier molecular flexibility index (Phi) is 3.63. The number of benzene rings is 2. The van der Waals surface area contributed by atoms with E-state index in [0.717, 1.165) is 11.1 Å². The van der Waals surface area contributed by atoms with Gasteiger partial charge in [0.05, 0.1) is 17.2 Å². The molecule has 2 amide bonds. The molecule has 22 heavy (non-hydrogen) atoms. The van der Waals surface area contributed by atoms with Gasteiger partial charge in [0.2, 0.25) is 0 Å². The Hall–Kier alpha value is -2.68. The van der Waals surface area contributed by atoms with Crippen LogP contribution in [0.4, 0.5) is 0 Å². The van der Waals surface area contributed by atoms with Crippen LogP contribution in [0.5, 0.6) is 0 Å². The highest BCUT2D eigenvalue weighted by Gasteiger charge is 2.37. The number of hydrogen-bond donors (Lipinski definition) is 0. The highest BCUT2D eigenvalue weighted by molar-refractivity contribution is 6.21. The molecule has 0 aromatic heterocycles. The Morgan fingerprint density at radius 3 is 2.05 bits per heavy atom. The van der Waals surface area contributed by atoms with Crippen molar-refractivity contribution in [3.8, 4) is 0 Å². The smallest absolute Gasteiger partial charge is 0.262 e. The number of rotatable bonds is 3. The van der Waals surface area contributed by atoms with Crippen LogP contribution in [-0.4, -0.2) is 22.8 Å². The lowest BCUT2D eigenvalue weighted by molar-refractivity contribution is 0.0626. The van der Waals surface area contributed by atoms with Crippen molar-refractivity contribution in [2.24, 2.45) is 0 Å². The maximum Gasteiger partial charge on any atom is 0.262 e. The first kappa shape index (κ1) is 14.3. The lowest BCUT2D eigenvalue weighted by Gasteiger charge is -2.19. The summed E-state index contributed by atoms with van der Waals surface area (Å²) in [6.07, 6.45) is 3.85. The summed E-state index contributed by atoms with van der Waals surface area (Å²) in [6.45, 7) is 3.89.